The molecule has 0 aliphatic carbocycles. The predicted octanol–water partition coefficient (Wildman–Crippen LogP) is 4.64. The maximum absolute atomic E-state index is 5.55. The maximum atomic E-state index is 5.55. The largest absolute Gasteiger partial charge is 0.447 e. The highest BCUT2D eigenvalue weighted by atomic mass is 79.9. The molecule has 0 aliphatic rings. The van der Waals surface area contributed by atoms with Crippen molar-refractivity contribution in [3.63, 3.8) is 0 Å². The Kier molecular flexibility index (Phi) is 4.19. The van der Waals surface area contributed by atoms with Crippen LogP contribution in [-0.2, 0) is 11.5 Å². The molecule has 0 unspecified atom stereocenters. The monoisotopic (exact) mass is 406 g/mol. The first-order chi connectivity index (χ1) is 11.3. The van der Waals surface area contributed by atoms with Gasteiger partial charge in [0.05, 0.1) is 5.75 Å². The Hall–Kier alpha value is -1.64. The Morgan fingerprint density at radius 3 is 2.74 bits per heavy atom. The van der Waals surface area contributed by atoms with Crippen molar-refractivity contribution in [2.45, 2.75) is 11.5 Å². The van der Waals surface area contributed by atoms with E-state index in [0.29, 0.717) is 4.67 Å². The first kappa shape index (κ1) is 14.9. The van der Waals surface area contributed by atoms with E-state index in [9.17, 15) is 0 Å². The lowest BCUT2D eigenvalue weighted by Gasteiger charge is -1.99. The van der Waals surface area contributed by atoms with Crippen LogP contribution in [0.15, 0.2) is 51.6 Å². The summed E-state index contributed by atoms with van der Waals surface area (Å²) in [4.78, 5) is 0.780. The van der Waals surface area contributed by atoms with E-state index >= 15 is 0 Å². The predicted molar refractivity (Wildman–Crippen MR) is 95.5 cm³/mol. The Morgan fingerprint density at radius 2 is 1.96 bits per heavy atom. The lowest BCUT2D eigenvalue weighted by atomic mass is 10.2. The molecule has 4 aromatic rings. The SMILES string of the molecule is Brc1ccc(-c2nn3c(CSCc4ccccc4)nnc3s2)o1. The van der Waals surface area contributed by atoms with Gasteiger partial charge in [-0.05, 0) is 33.6 Å². The standard InChI is InChI=1S/C15H11BrN4OS2/c16-12-7-6-11(21-12)14-19-20-13(17-18-15(20)23-14)9-22-8-10-4-2-1-3-5-10/h1-7H,8-9H2. The van der Waals surface area contributed by atoms with Gasteiger partial charge in [-0.3, -0.25) is 0 Å². The first-order valence-corrected chi connectivity index (χ1v) is 9.64. The Labute approximate surface area is 148 Å². The van der Waals surface area contributed by atoms with Crippen molar-refractivity contribution in [1.29, 1.82) is 0 Å². The molecular formula is C15H11BrN4OS2. The van der Waals surface area contributed by atoms with Crippen molar-refractivity contribution in [1.82, 2.24) is 19.8 Å². The van der Waals surface area contributed by atoms with Gasteiger partial charge in [0.2, 0.25) is 4.96 Å². The van der Waals surface area contributed by atoms with Gasteiger partial charge in [0.1, 0.15) is 0 Å². The van der Waals surface area contributed by atoms with E-state index < -0.39 is 0 Å². The molecule has 0 atom stereocenters. The molecule has 4 rings (SSSR count). The lowest BCUT2D eigenvalue weighted by Crippen LogP contribution is -1.94. The fraction of sp³-hybridized carbons (Fsp3) is 0.133. The van der Waals surface area contributed by atoms with Crippen LogP contribution in [0.4, 0.5) is 0 Å². The van der Waals surface area contributed by atoms with E-state index in [1.54, 1.807) is 16.3 Å². The van der Waals surface area contributed by atoms with E-state index in [-0.39, 0.29) is 0 Å². The van der Waals surface area contributed by atoms with E-state index in [4.69, 9.17) is 4.42 Å². The average Bonchev–Trinajstić information content (AvgIpc) is 3.25. The van der Waals surface area contributed by atoms with Crippen LogP contribution in [-0.4, -0.2) is 19.8 Å². The van der Waals surface area contributed by atoms with Crippen molar-refractivity contribution in [3.05, 3.63) is 58.5 Å². The molecule has 116 valence electrons. The lowest BCUT2D eigenvalue weighted by molar-refractivity contribution is 0.554. The summed E-state index contributed by atoms with van der Waals surface area (Å²) in [5, 5.41) is 13.8. The molecular weight excluding hydrogens is 396 g/mol. The molecule has 3 aromatic heterocycles. The van der Waals surface area contributed by atoms with Gasteiger partial charge < -0.3 is 4.42 Å². The minimum absolute atomic E-state index is 0.692. The number of fused-ring (bicyclic) bond motifs is 1. The van der Waals surface area contributed by atoms with Gasteiger partial charge >= 0.3 is 0 Å². The molecule has 8 heteroatoms. The van der Waals surface area contributed by atoms with Gasteiger partial charge in [-0.15, -0.1) is 27.1 Å². The Bertz CT molecular complexity index is 931. The summed E-state index contributed by atoms with van der Waals surface area (Å²) in [6.07, 6.45) is 0. The normalized spacial score (nSPS) is 11.3. The summed E-state index contributed by atoms with van der Waals surface area (Å²) in [6, 6.07) is 14.1. The van der Waals surface area contributed by atoms with Gasteiger partial charge in [0.25, 0.3) is 0 Å². The zero-order valence-corrected chi connectivity index (χ0v) is 15.1. The first-order valence-electron chi connectivity index (χ1n) is 6.88. The fourth-order valence-electron chi connectivity index (χ4n) is 2.11. The Balaban J connectivity index is 1.50. The summed E-state index contributed by atoms with van der Waals surface area (Å²) in [5.41, 5.74) is 1.30. The zero-order chi connectivity index (χ0) is 15.6. The highest BCUT2D eigenvalue weighted by molar-refractivity contribution is 9.10. The van der Waals surface area contributed by atoms with Crippen LogP contribution >= 0.6 is 39.0 Å². The molecule has 0 spiro atoms. The van der Waals surface area contributed by atoms with Gasteiger partial charge in [-0.25, -0.2) is 0 Å². The number of halogens is 1. The van der Waals surface area contributed by atoms with E-state index in [2.05, 4.69) is 55.5 Å². The highest BCUT2D eigenvalue weighted by Gasteiger charge is 2.15. The third-order valence-electron chi connectivity index (χ3n) is 3.18. The van der Waals surface area contributed by atoms with E-state index in [1.807, 2.05) is 18.2 Å². The second kappa shape index (κ2) is 6.46. The number of furan rings is 1. The second-order valence-corrected chi connectivity index (χ2v) is 7.52. The number of benzene rings is 1. The van der Waals surface area contributed by atoms with Crippen molar-refractivity contribution in [3.8, 4) is 10.8 Å². The van der Waals surface area contributed by atoms with Crippen molar-refractivity contribution in [2.24, 2.45) is 0 Å². The fourth-order valence-corrected chi connectivity index (χ4v) is 4.13. The second-order valence-electron chi connectivity index (χ2n) is 4.80. The Morgan fingerprint density at radius 1 is 1.09 bits per heavy atom. The van der Waals surface area contributed by atoms with Crippen LogP contribution in [0.25, 0.3) is 15.7 Å². The minimum atomic E-state index is 0.692. The molecule has 0 N–H and O–H groups in total. The summed E-state index contributed by atoms with van der Waals surface area (Å²) in [7, 11) is 0. The minimum Gasteiger partial charge on any atom is -0.447 e. The van der Waals surface area contributed by atoms with Crippen molar-refractivity contribution < 1.29 is 4.42 Å². The van der Waals surface area contributed by atoms with Crippen LogP contribution in [0.3, 0.4) is 0 Å². The summed E-state index contributed by atoms with van der Waals surface area (Å²) >= 11 is 6.57. The number of hydrogen-bond donors (Lipinski definition) is 0. The van der Waals surface area contributed by atoms with E-state index in [0.717, 1.165) is 33.1 Å². The molecule has 0 amide bonds. The summed E-state index contributed by atoms with van der Waals surface area (Å²) in [6.45, 7) is 0. The van der Waals surface area contributed by atoms with Gasteiger partial charge in [-0.2, -0.15) is 4.52 Å². The van der Waals surface area contributed by atoms with Gasteiger partial charge in [-0.1, -0.05) is 41.7 Å². The average molecular weight is 407 g/mol. The summed E-state index contributed by atoms with van der Waals surface area (Å²) in [5.74, 6) is 3.29. The number of thioether (sulfide) groups is 1. The topological polar surface area (TPSA) is 56.2 Å². The quantitative estimate of drug-likeness (QED) is 0.482. The molecule has 0 fully saturated rings. The van der Waals surface area contributed by atoms with Crippen LogP contribution in [0.2, 0.25) is 0 Å². The third kappa shape index (κ3) is 3.19. The molecule has 0 saturated carbocycles. The van der Waals surface area contributed by atoms with Crippen LogP contribution in [0.1, 0.15) is 11.4 Å². The third-order valence-corrected chi connectivity index (χ3v) is 5.52. The number of hydrogen-bond acceptors (Lipinski definition) is 6. The van der Waals surface area contributed by atoms with Crippen molar-refractivity contribution >= 4 is 44.0 Å². The number of aromatic nitrogens is 4. The van der Waals surface area contributed by atoms with Crippen LogP contribution in [0, 0.1) is 0 Å². The van der Waals surface area contributed by atoms with Gasteiger partial charge in [0.15, 0.2) is 21.3 Å². The summed E-state index contributed by atoms with van der Waals surface area (Å²) < 4.78 is 8.04. The molecule has 0 aliphatic heterocycles. The number of nitrogens with zero attached hydrogens (tertiary/aromatic N) is 4. The zero-order valence-electron chi connectivity index (χ0n) is 11.8. The molecule has 0 bridgehead atoms. The van der Waals surface area contributed by atoms with E-state index in [1.165, 1.54) is 16.9 Å². The maximum Gasteiger partial charge on any atom is 0.235 e. The van der Waals surface area contributed by atoms with Crippen LogP contribution in [0.5, 0.6) is 0 Å². The molecule has 0 saturated heterocycles. The van der Waals surface area contributed by atoms with Crippen molar-refractivity contribution in [2.75, 3.05) is 0 Å². The smallest absolute Gasteiger partial charge is 0.235 e. The van der Waals surface area contributed by atoms with Gasteiger partial charge in [0, 0.05) is 5.75 Å². The number of rotatable bonds is 5. The molecule has 1 aromatic carbocycles. The molecule has 23 heavy (non-hydrogen) atoms. The molecule has 5 nitrogen and oxygen atoms in total. The van der Waals surface area contributed by atoms with Crippen LogP contribution < -0.4 is 0 Å². The molecule has 3 heterocycles. The molecule has 0 radical (unpaired) electrons. The highest BCUT2D eigenvalue weighted by Crippen LogP contribution is 2.29.